The van der Waals surface area contributed by atoms with Crippen LogP contribution < -0.4 is 5.32 Å². The topological polar surface area (TPSA) is 88.6 Å². The van der Waals surface area contributed by atoms with Crippen molar-refractivity contribution in [1.82, 2.24) is 4.90 Å². The molecular weight excluding hydrogens is 274 g/mol. The number of non-ortho nitro benzene ring substituents is 1. The van der Waals surface area contributed by atoms with Gasteiger partial charge in [0.25, 0.3) is 5.69 Å². The van der Waals surface area contributed by atoms with Gasteiger partial charge in [-0.05, 0) is 25.2 Å². The van der Waals surface area contributed by atoms with Crippen LogP contribution >= 0.6 is 0 Å². The Kier molecular flexibility index (Phi) is 4.68. The molecule has 0 aliphatic rings. The largest absolute Gasteiger partial charge is 0.468 e. The number of furan rings is 1. The quantitative estimate of drug-likeness (QED) is 0.651. The maximum Gasteiger partial charge on any atom is 0.271 e. The van der Waals surface area contributed by atoms with Gasteiger partial charge in [-0.3, -0.25) is 19.8 Å². The van der Waals surface area contributed by atoms with Gasteiger partial charge in [0.2, 0.25) is 5.91 Å². The summed E-state index contributed by atoms with van der Waals surface area (Å²) in [7, 11) is 1.79. The molecule has 2 rings (SSSR count). The van der Waals surface area contributed by atoms with E-state index in [0.717, 1.165) is 5.76 Å². The van der Waals surface area contributed by atoms with Crippen LogP contribution in [0.15, 0.2) is 47.1 Å². The first-order valence-electron chi connectivity index (χ1n) is 6.30. The van der Waals surface area contributed by atoms with Crippen LogP contribution in [0.2, 0.25) is 0 Å². The number of carbonyl (C=O) groups excluding carboxylic acids is 1. The van der Waals surface area contributed by atoms with Gasteiger partial charge >= 0.3 is 0 Å². The Hall–Kier alpha value is -2.67. The molecule has 1 aromatic carbocycles. The number of hydrogen-bond donors (Lipinski definition) is 1. The molecule has 0 saturated carbocycles. The van der Waals surface area contributed by atoms with E-state index in [9.17, 15) is 14.9 Å². The highest BCUT2D eigenvalue weighted by atomic mass is 16.6. The average molecular weight is 289 g/mol. The number of hydrogen-bond acceptors (Lipinski definition) is 5. The van der Waals surface area contributed by atoms with Crippen LogP contribution in [0.3, 0.4) is 0 Å². The summed E-state index contributed by atoms with van der Waals surface area (Å²) in [6.45, 7) is 0.665. The smallest absolute Gasteiger partial charge is 0.271 e. The fraction of sp³-hybridized carbons (Fsp3) is 0.214. The van der Waals surface area contributed by atoms with Crippen LogP contribution in [0, 0.1) is 10.1 Å². The lowest BCUT2D eigenvalue weighted by atomic mass is 10.3. The second-order valence-corrected chi connectivity index (χ2v) is 4.61. The Labute approximate surface area is 121 Å². The first-order valence-corrected chi connectivity index (χ1v) is 6.30. The molecule has 7 heteroatoms. The average Bonchev–Trinajstić information content (AvgIpc) is 2.91. The molecule has 0 spiro atoms. The van der Waals surface area contributed by atoms with Crippen molar-refractivity contribution in [2.45, 2.75) is 6.54 Å². The highest BCUT2D eigenvalue weighted by Gasteiger charge is 2.11. The van der Waals surface area contributed by atoms with Crippen molar-refractivity contribution < 1.29 is 14.1 Å². The molecule has 1 amide bonds. The van der Waals surface area contributed by atoms with Crippen molar-refractivity contribution in [1.29, 1.82) is 0 Å². The Morgan fingerprint density at radius 2 is 2.19 bits per heavy atom. The number of likely N-dealkylation sites (N-methyl/N-ethyl adjacent to an activating group) is 1. The lowest BCUT2D eigenvalue weighted by molar-refractivity contribution is -0.384. The zero-order valence-electron chi connectivity index (χ0n) is 11.5. The number of rotatable bonds is 6. The summed E-state index contributed by atoms with van der Waals surface area (Å²) in [6, 6.07) is 9.45. The Bertz CT molecular complexity index is 625. The van der Waals surface area contributed by atoms with E-state index in [0.29, 0.717) is 12.2 Å². The third-order valence-corrected chi connectivity index (χ3v) is 2.76. The highest BCUT2D eigenvalue weighted by molar-refractivity contribution is 5.92. The van der Waals surface area contributed by atoms with Crippen LogP contribution in [0.25, 0.3) is 0 Å². The maximum absolute atomic E-state index is 11.9. The van der Waals surface area contributed by atoms with Crippen molar-refractivity contribution in [2.24, 2.45) is 0 Å². The van der Waals surface area contributed by atoms with Crippen molar-refractivity contribution in [3.05, 3.63) is 58.5 Å². The fourth-order valence-corrected chi connectivity index (χ4v) is 1.87. The van der Waals surface area contributed by atoms with Gasteiger partial charge in [0.15, 0.2) is 0 Å². The molecular formula is C14H15N3O4. The van der Waals surface area contributed by atoms with E-state index in [1.54, 1.807) is 30.3 Å². The monoisotopic (exact) mass is 289 g/mol. The minimum Gasteiger partial charge on any atom is -0.468 e. The molecule has 0 aliphatic heterocycles. The van der Waals surface area contributed by atoms with Crippen molar-refractivity contribution in [3.8, 4) is 0 Å². The summed E-state index contributed by atoms with van der Waals surface area (Å²) < 4.78 is 5.20. The molecule has 0 radical (unpaired) electrons. The van der Waals surface area contributed by atoms with Gasteiger partial charge in [-0.25, -0.2) is 0 Å². The fourth-order valence-electron chi connectivity index (χ4n) is 1.87. The number of nitro benzene ring substituents is 1. The lowest BCUT2D eigenvalue weighted by Gasteiger charge is -2.14. The molecule has 0 bridgehead atoms. The van der Waals surface area contributed by atoms with Gasteiger partial charge in [0.1, 0.15) is 5.76 Å². The van der Waals surface area contributed by atoms with Gasteiger partial charge in [-0.1, -0.05) is 6.07 Å². The molecule has 1 heterocycles. The number of anilines is 1. The molecule has 0 unspecified atom stereocenters. The van der Waals surface area contributed by atoms with E-state index < -0.39 is 4.92 Å². The number of amides is 1. The Balaban J connectivity index is 1.89. The van der Waals surface area contributed by atoms with E-state index in [2.05, 4.69) is 5.32 Å². The molecule has 1 aromatic heterocycles. The van der Waals surface area contributed by atoms with Crippen LogP contribution in [0.5, 0.6) is 0 Å². The first kappa shape index (κ1) is 14.7. The predicted molar refractivity (Wildman–Crippen MR) is 76.8 cm³/mol. The van der Waals surface area contributed by atoms with E-state index in [-0.39, 0.29) is 18.1 Å². The van der Waals surface area contributed by atoms with Gasteiger partial charge < -0.3 is 9.73 Å². The summed E-state index contributed by atoms with van der Waals surface area (Å²) in [6.07, 6.45) is 1.58. The van der Waals surface area contributed by atoms with Crippen LogP contribution in [-0.2, 0) is 11.3 Å². The maximum atomic E-state index is 11.9. The van der Waals surface area contributed by atoms with Crippen LogP contribution in [0.1, 0.15) is 5.76 Å². The lowest BCUT2D eigenvalue weighted by Crippen LogP contribution is -2.29. The van der Waals surface area contributed by atoms with Crippen molar-refractivity contribution in [3.63, 3.8) is 0 Å². The van der Waals surface area contributed by atoms with Crippen LogP contribution in [-0.4, -0.2) is 29.3 Å². The van der Waals surface area contributed by atoms with Gasteiger partial charge in [0.05, 0.1) is 24.3 Å². The number of benzene rings is 1. The minimum atomic E-state index is -0.501. The molecule has 1 N–H and O–H groups in total. The molecule has 0 saturated heterocycles. The number of nitro groups is 1. The van der Waals surface area contributed by atoms with Gasteiger partial charge in [0, 0.05) is 17.8 Å². The zero-order chi connectivity index (χ0) is 15.2. The predicted octanol–water partition coefficient (Wildman–Crippen LogP) is 2.26. The normalized spacial score (nSPS) is 10.6. The third kappa shape index (κ3) is 4.43. The number of nitrogens with one attached hydrogen (secondary N) is 1. The highest BCUT2D eigenvalue weighted by Crippen LogP contribution is 2.16. The molecule has 0 fully saturated rings. The summed E-state index contributed by atoms with van der Waals surface area (Å²) in [5.74, 6) is 0.519. The standard InChI is InChI=1S/C14H15N3O4/c1-16(9-13-6-3-7-21-13)10-14(18)15-11-4-2-5-12(8-11)17(19)20/h2-8H,9-10H2,1H3,(H,15,18). The van der Waals surface area contributed by atoms with Crippen molar-refractivity contribution in [2.75, 3.05) is 18.9 Å². The summed E-state index contributed by atoms with van der Waals surface area (Å²) in [5.41, 5.74) is 0.345. The van der Waals surface area contributed by atoms with E-state index in [4.69, 9.17) is 4.42 Å². The summed E-state index contributed by atoms with van der Waals surface area (Å²) >= 11 is 0. The minimum absolute atomic E-state index is 0.0586. The Morgan fingerprint density at radius 3 is 2.86 bits per heavy atom. The van der Waals surface area contributed by atoms with Crippen molar-refractivity contribution >= 4 is 17.3 Å². The first-order chi connectivity index (χ1) is 10.0. The van der Waals surface area contributed by atoms with Gasteiger partial charge in [-0.2, -0.15) is 0 Å². The molecule has 7 nitrogen and oxygen atoms in total. The van der Waals surface area contributed by atoms with E-state index in [1.807, 2.05) is 6.07 Å². The van der Waals surface area contributed by atoms with E-state index in [1.165, 1.54) is 18.2 Å². The SMILES string of the molecule is CN(CC(=O)Nc1cccc([N+](=O)[O-])c1)Cc1ccco1. The molecule has 21 heavy (non-hydrogen) atoms. The molecule has 2 aromatic rings. The third-order valence-electron chi connectivity index (χ3n) is 2.76. The Morgan fingerprint density at radius 1 is 1.38 bits per heavy atom. The second kappa shape index (κ2) is 6.67. The van der Waals surface area contributed by atoms with E-state index >= 15 is 0 Å². The second-order valence-electron chi connectivity index (χ2n) is 4.61. The number of nitrogens with zero attached hydrogens (tertiary/aromatic N) is 2. The van der Waals surface area contributed by atoms with Crippen LogP contribution in [0.4, 0.5) is 11.4 Å². The zero-order valence-corrected chi connectivity index (χ0v) is 11.5. The molecule has 0 aliphatic carbocycles. The summed E-state index contributed by atoms with van der Waals surface area (Å²) in [4.78, 5) is 23.8. The molecule has 0 atom stereocenters. The molecule has 110 valence electrons. The number of carbonyl (C=O) groups is 1. The van der Waals surface area contributed by atoms with Gasteiger partial charge in [-0.15, -0.1) is 0 Å². The summed E-state index contributed by atoms with van der Waals surface area (Å²) in [5, 5.41) is 13.3.